The molecule has 2 amide bonds. The first-order chi connectivity index (χ1) is 12.5. The van der Waals surface area contributed by atoms with Crippen LogP contribution in [-0.4, -0.2) is 36.1 Å². The molecule has 0 heterocycles. The third-order valence-corrected chi connectivity index (χ3v) is 3.16. The Balaban J connectivity index is 1.77. The van der Waals surface area contributed by atoms with Crippen LogP contribution in [-0.2, 0) is 9.53 Å². The topological polar surface area (TPSA) is 114 Å². The van der Waals surface area contributed by atoms with Crippen molar-refractivity contribution in [2.24, 2.45) is 0 Å². The lowest BCUT2D eigenvalue weighted by Gasteiger charge is -2.09. The normalized spacial score (nSPS) is 9.88. The van der Waals surface area contributed by atoms with E-state index in [-0.39, 0.29) is 11.3 Å². The molecule has 2 aromatic carbocycles. The fourth-order valence-corrected chi connectivity index (χ4v) is 1.95. The van der Waals surface area contributed by atoms with Gasteiger partial charge in [0.2, 0.25) is 0 Å². The van der Waals surface area contributed by atoms with Crippen molar-refractivity contribution in [3.05, 3.63) is 59.7 Å². The highest BCUT2D eigenvalue weighted by Crippen LogP contribution is 2.12. The summed E-state index contributed by atoms with van der Waals surface area (Å²) in [6.07, 6.45) is 0. The van der Waals surface area contributed by atoms with Gasteiger partial charge in [0.05, 0.1) is 12.2 Å². The molecule has 2 rings (SSSR count). The van der Waals surface area contributed by atoms with E-state index in [2.05, 4.69) is 10.9 Å². The number of carbonyl (C=O) groups is 3. The molecule has 0 aliphatic carbocycles. The number of esters is 1. The average molecular weight is 358 g/mol. The number of ether oxygens (including phenoxy) is 2. The van der Waals surface area contributed by atoms with E-state index in [1.165, 1.54) is 24.3 Å². The van der Waals surface area contributed by atoms with Crippen LogP contribution in [0.3, 0.4) is 0 Å². The van der Waals surface area contributed by atoms with E-state index in [9.17, 15) is 19.5 Å². The molecule has 0 bridgehead atoms. The van der Waals surface area contributed by atoms with Crippen LogP contribution in [0.4, 0.5) is 0 Å². The first-order valence-corrected chi connectivity index (χ1v) is 7.77. The molecular weight excluding hydrogens is 340 g/mol. The molecule has 8 heteroatoms. The Morgan fingerprint density at radius 2 is 1.73 bits per heavy atom. The first kappa shape index (κ1) is 18.8. The number of amides is 2. The number of nitrogens with one attached hydrogen (secondary N) is 2. The Morgan fingerprint density at radius 1 is 1.00 bits per heavy atom. The zero-order valence-electron chi connectivity index (χ0n) is 14.0. The summed E-state index contributed by atoms with van der Waals surface area (Å²) < 4.78 is 10.1. The molecule has 0 atom stereocenters. The van der Waals surface area contributed by atoms with Crippen molar-refractivity contribution in [2.75, 3.05) is 13.2 Å². The first-order valence-electron chi connectivity index (χ1n) is 7.77. The fourth-order valence-electron chi connectivity index (χ4n) is 1.95. The van der Waals surface area contributed by atoms with E-state index < -0.39 is 24.4 Å². The Morgan fingerprint density at radius 3 is 2.38 bits per heavy atom. The minimum absolute atomic E-state index is 0.0912. The predicted molar refractivity (Wildman–Crippen MR) is 91.6 cm³/mol. The van der Waals surface area contributed by atoms with Crippen molar-refractivity contribution in [3.63, 3.8) is 0 Å². The number of phenolic OH excluding ortho intramolecular Hbond substituents is 1. The number of hydrazine groups is 1. The van der Waals surface area contributed by atoms with Crippen molar-refractivity contribution >= 4 is 17.8 Å². The minimum atomic E-state index is -0.770. The molecule has 0 saturated carbocycles. The van der Waals surface area contributed by atoms with E-state index in [0.717, 1.165) is 0 Å². The molecule has 26 heavy (non-hydrogen) atoms. The molecule has 0 radical (unpaired) electrons. The van der Waals surface area contributed by atoms with E-state index in [1.54, 1.807) is 24.3 Å². The van der Waals surface area contributed by atoms with Crippen molar-refractivity contribution in [1.82, 2.24) is 10.9 Å². The lowest BCUT2D eigenvalue weighted by Crippen LogP contribution is -2.43. The van der Waals surface area contributed by atoms with Gasteiger partial charge in [0.15, 0.2) is 6.61 Å². The Hall–Kier alpha value is -3.55. The summed E-state index contributed by atoms with van der Waals surface area (Å²) in [5, 5.41) is 9.30. The lowest BCUT2D eigenvalue weighted by atomic mass is 10.2. The maximum atomic E-state index is 11.9. The summed E-state index contributed by atoms with van der Waals surface area (Å²) in [4.78, 5) is 35.3. The molecule has 0 aliphatic heterocycles. The van der Waals surface area contributed by atoms with Crippen LogP contribution in [0.15, 0.2) is 48.5 Å². The summed E-state index contributed by atoms with van der Waals surface area (Å²) in [5.41, 5.74) is 4.79. The molecule has 0 fully saturated rings. The van der Waals surface area contributed by atoms with E-state index in [0.29, 0.717) is 17.9 Å². The maximum absolute atomic E-state index is 11.9. The summed E-state index contributed by atoms with van der Waals surface area (Å²) in [6, 6.07) is 11.9. The smallest absolute Gasteiger partial charge is 0.338 e. The van der Waals surface area contributed by atoms with E-state index >= 15 is 0 Å². The van der Waals surface area contributed by atoms with Crippen LogP contribution < -0.4 is 15.6 Å². The Kier molecular flexibility index (Phi) is 6.55. The Labute approximate surface area is 149 Å². The number of phenols is 1. The summed E-state index contributed by atoms with van der Waals surface area (Å²) in [7, 11) is 0. The van der Waals surface area contributed by atoms with Crippen molar-refractivity contribution < 1.29 is 29.0 Å². The minimum Gasteiger partial charge on any atom is -0.508 e. The number of carbonyl (C=O) groups excluding carboxylic acids is 3. The second kappa shape index (κ2) is 9.07. The zero-order chi connectivity index (χ0) is 18.9. The molecule has 0 unspecified atom stereocenters. The second-order valence-corrected chi connectivity index (χ2v) is 5.09. The van der Waals surface area contributed by atoms with Gasteiger partial charge in [-0.2, -0.15) is 0 Å². The van der Waals surface area contributed by atoms with Crippen molar-refractivity contribution in [3.8, 4) is 11.5 Å². The van der Waals surface area contributed by atoms with Gasteiger partial charge in [-0.1, -0.05) is 6.07 Å². The number of hydrogen-bond acceptors (Lipinski definition) is 6. The van der Waals surface area contributed by atoms with Crippen LogP contribution >= 0.6 is 0 Å². The van der Waals surface area contributed by atoms with Gasteiger partial charge in [-0.15, -0.1) is 0 Å². The van der Waals surface area contributed by atoms with Gasteiger partial charge >= 0.3 is 5.97 Å². The third kappa shape index (κ3) is 5.52. The molecule has 3 N–H and O–H groups in total. The fraction of sp³-hybridized carbons (Fsp3) is 0.167. The largest absolute Gasteiger partial charge is 0.508 e. The standard InChI is InChI=1S/C18H18N2O6/c1-2-25-15-8-6-12(7-9-15)17(23)20-19-16(22)11-26-18(24)13-4-3-5-14(21)10-13/h3-10,21H,2,11H2,1H3,(H,19,22)(H,20,23). The van der Waals surface area contributed by atoms with Crippen LogP contribution in [0.25, 0.3) is 0 Å². The number of rotatable bonds is 6. The van der Waals surface area contributed by atoms with E-state index in [1.807, 2.05) is 6.92 Å². The second-order valence-electron chi connectivity index (χ2n) is 5.09. The highest BCUT2D eigenvalue weighted by Gasteiger charge is 2.12. The summed E-state index contributed by atoms with van der Waals surface area (Å²) in [6.45, 7) is 1.78. The SMILES string of the molecule is CCOc1ccc(C(=O)NNC(=O)COC(=O)c2cccc(O)c2)cc1. The average Bonchev–Trinajstić information content (AvgIpc) is 2.65. The van der Waals surface area contributed by atoms with Gasteiger partial charge in [0.1, 0.15) is 11.5 Å². The summed E-state index contributed by atoms with van der Waals surface area (Å²) >= 11 is 0. The highest BCUT2D eigenvalue weighted by molar-refractivity contribution is 5.96. The highest BCUT2D eigenvalue weighted by atomic mass is 16.5. The number of hydrogen-bond donors (Lipinski definition) is 3. The quantitative estimate of drug-likeness (QED) is 0.531. The van der Waals surface area contributed by atoms with Crippen LogP contribution in [0.2, 0.25) is 0 Å². The van der Waals surface area contributed by atoms with Gasteiger partial charge < -0.3 is 14.6 Å². The lowest BCUT2D eigenvalue weighted by molar-refractivity contribution is -0.125. The van der Waals surface area contributed by atoms with Crippen LogP contribution in [0, 0.1) is 0 Å². The molecule has 136 valence electrons. The van der Waals surface area contributed by atoms with Crippen LogP contribution in [0.5, 0.6) is 11.5 Å². The molecule has 0 saturated heterocycles. The zero-order valence-corrected chi connectivity index (χ0v) is 14.0. The Bertz CT molecular complexity index is 789. The molecule has 0 spiro atoms. The van der Waals surface area contributed by atoms with Gasteiger partial charge in [-0.05, 0) is 49.4 Å². The van der Waals surface area contributed by atoms with Gasteiger partial charge in [-0.3, -0.25) is 20.4 Å². The van der Waals surface area contributed by atoms with Gasteiger partial charge in [0, 0.05) is 5.56 Å². The van der Waals surface area contributed by atoms with Gasteiger partial charge in [-0.25, -0.2) is 4.79 Å². The molecule has 2 aromatic rings. The predicted octanol–water partition coefficient (Wildman–Crippen LogP) is 1.41. The molecule has 0 aliphatic rings. The summed E-state index contributed by atoms with van der Waals surface area (Å²) in [5.74, 6) is -1.47. The van der Waals surface area contributed by atoms with E-state index in [4.69, 9.17) is 9.47 Å². The number of aromatic hydroxyl groups is 1. The number of benzene rings is 2. The molecular formula is C18H18N2O6. The third-order valence-electron chi connectivity index (χ3n) is 3.16. The maximum Gasteiger partial charge on any atom is 0.338 e. The van der Waals surface area contributed by atoms with Crippen molar-refractivity contribution in [2.45, 2.75) is 6.92 Å². The van der Waals surface area contributed by atoms with Crippen molar-refractivity contribution in [1.29, 1.82) is 0 Å². The monoisotopic (exact) mass is 358 g/mol. The molecule has 8 nitrogen and oxygen atoms in total. The molecule has 0 aromatic heterocycles. The van der Waals surface area contributed by atoms with Gasteiger partial charge in [0.25, 0.3) is 11.8 Å². The van der Waals surface area contributed by atoms with Crippen LogP contribution in [0.1, 0.15) is 27.6 Å².